The Morgan fingerprint density at radius 3 is 1.69 bits per heavy atom. The van der Waals surface area contributed by atoms with Crippen molar-refractivity contribution in [3.8, 4) is 0 Å². The molecule has 0 spiro atoms. The predicted molar refractivity (Wildman–Crippen MR) is 49.8 cm³/mol. The van der Waals surface area contributed by atoms with Crippen LogP contribution in [0.5, 0.6) is 0 Å². The Morgan fingerprint density at radius 1 is 1.06 bits per heavy atom. The van der Waals surface area contributed by atoms with Crippen molar-refractivity contribution in [2.75, 3.05) is 5.84 Å². The average molecular weight is 268 g/mol. The van der Waals surface area contributed by atoms with Gasteiger partial charge in [-0.2, -0.15) is 0 Å². The molecule has 1 rings (SSSR count). The third-order valence-electron chi connectivity index (χ3n) is 1.55. The van der Waals surface area contributed by atoms with Crippen LogP contribution in [0.15, 0.2) is 18.3 Å². The summed E-state index contributed by atoms with van der Waals surface area (Å²) in [5.74, 6) is 5.54. The van der Waals surface area contributed by atoms with Gasteiger partial charge >= 0.3 is 33.0 Å². The zero-order chi connectivity index (χ0) is 13.3. The molecule has 0 fully saturated rings. The summed E-state index contributed by atoms with van der Waals surface area (Å²) >= 11 is 0. The normalized spacial score (nSPS) is 15.5. The summed E-state index contributed by atoms with van der Waals surface area (Å²) in [7, 11) is -10.7. The molecule has 0 saturated heterocycles. The second-order valence-electron chi connectivity index (χ2n) is 3.14. The van der Waals surface area contributed by atoms with Gasteiger partial charge in [0.1, 0.15) is 0 Å². The maximum atomic E-state index is 9.87. The van der Waals surface area contributed by atoms with Gasteiger partial charge in [-0.05, 0) is 13.0 Å². The van der Waals surface area contributed by atoms with Crippen LogP contribution in [-0.4, -0.2) is 0 Å². The summed E-state index contributed by atoms with van der Waals surface area (Å²) < 4.78 is 60.8. The summed E-state index contributed by atoms with van der Waals surface area (Å²) in [4.78, 5) is 0. The van der Waals surface area contributed by atoms with E-state index in [0.717, 1.165) is 5.69 Å². The molecule has 0 aliphatic heterocycles. The molecule has 0 unspecified atom stereocenters. The number of nitrogens with two attached hydrogens (primary N) is 1. The van der Waals surface area contributed by atoms with Crippen LogP contribution in [0.25, 0.3) is 0 Å². The summed E-state index contributed by atoms with van der Waals surface area (Å²) in [6.45, 7) is 4.04. The third-order valence-corrected chi connectivity index (χ3v) is 1.55. The van der Waals surface area contributed by atoms with Gasteiger partial charge in [0.25, 0.3) is 0 Å². The summed E-state index contributed by atoms with van der Waals surface area (Å²) in [6.07, 6.45) is 1.84. The second kappa shape index (κ2) is 3.48. The first-order valence-corrected chi connectivity index (χ1v) is 5.99. The van der Waals surface area contributed by atoms with Crippen molar-refractivity contribution in [3.63, 3.8) is 0 Å². The molecule has 0 radical (unpaired) electrons. The van der Waals surface area contributed by atoms with Gasteiger partial charge in [-0.25, -0.2) is 5.84 Å². The molecule has 0 amide bonds. The first-order chi connectivity index (χ1) is 6.66. The first kappa shape index (κ1) is 15.0. The summed E-state index contributed by atoms with van der Waals surface area (Å²) in [6, 6.07) is 3.97. The number of hydrogen-bond donors (Lipinski definition) is 1. The number of aromatic nitrogens is 1. The molecule has 1 aromatic rings. The predicted octanol–water partition coefficient (Wildman–Crippen LogP) is 3.69. The molecule has 0 saturated carbocycles. The van der Waals surface area contributed by atoms with Crippen molar-refractivity contribution in [3.05, 3.63) is 29.6 Å². The van der Waals surface area contributed by atoms with E-state index in [0.29, 0.717) is 0 Å². The zero-order valence-corrected chi connectivity index (χ0v) is 9.37. The quantitative estimate of drug-likeness (QED) is 0.331. The molecule has 2 N–H and O–H groups in total. The molecule has 0 aliphatic carbocycles. The van der Waals surface area contributed by atoms with Crippen LogP contribution in [0.1, 0.15) is 11.3 Å². The second-order valence-corrected chi connectivity index (χ2v) is 5.06. The van der Waals surface area contributed by atoms with Gasteiger partial charge in [0, 0.05) is 18.6 Å². The molecule has 1 aromatic heterocycles. The molecule has 0 atom stereocenters. The van der Waals surface area contributed by atoms with Gasteiger partial charge in [0.15, 0.2) is 6.20 Å². The summed E-state index contributed by atoms with van der Waals surface area (Å²) in [5.41, 5.74) is 2.33. The Kier molecular flexibility index (Phi) is 3.25. The van der Waals surface area contributed by atoms with E-state index in [1.165, 1.54) is 5.56 Å². The third kappa shape index (κ3) is 11.0. The minimum absolute atomic E-state index is 1.11. The van der Waals surface area contributed by atoms with Gasteiger partial charge in [0.2, 0.25) is 5.69 Å². The van der Waals surface area contributed by atoms with Gasteiger partial charge in [-0.15, -0.1) is 0 Å². The van der Waals surface area contributed by atoms with Crippen LogP contribution in [0, 0.1) is 13.8 Å². The number of halogens is 6. The fourth-order valence-electron chi connectivity index (χ4n) is 0.716. The van der Waals surface area contributed by atoms with Crippen molar-refractivity contribution >= 4 is 7.81 Å². The molecule has 9 heteroatoms. The first-order valence-electron chi connectivity index (χ1n) is 3.96. The van der Waals surface area contributed by atoms with E-state index < -0.39 is 7.81 Å². The van der Waals surface area contributed by atoms with Crippen LogP contribution >= 0.6 is 7.81 Å². The van der Waals surface area contributed by atoms with E-state index in [4.69, 9.17) is 5.84 Å². The number of nitrogen functional groups attached to an aromatic ring is 1. The Hall–Kier alpha value is -1.04. The van der Waals surface area contributed by atoms with Crippen LogP contribution in [-0.2, 0) is 0 Å². The molecular formula is C7H11F6N2P. The zero-order valence-electron chi connectivity index (χ0n) is 8.47. The fourth-order valence-corrected chi connectivity index (χ4v) is 0.716. The summed E-state index contributed by atoms with van der Waals surface area (Å²) in [5, 5.41) is 0. The van der Waals surface area contributed by atoms with Crippen LogP contribution in [0.3, 0.4) is 0 Å². The molecule has 0 bridgehead atoms. The van der Waals surface area contributed by atoms with Crippen molar-refractivity contribution < 1.29 is 29.9 Å². The molecular weight excluding hydrogens is 257 g/mol. The van der Waals surface area contributed by atoms with E-state index in [9.17, 15) is 25.2 Å². The number of aryl methyl sites for hydroxylation is 1. The Labute approximate surface area is 87.9 Å². The van der Waals surface area contributed by atoms with Crippen molar-refractivity contribution in [2.45, 2.75) is 13.8 Å². The van der Waals surface area contributed by atoms with Gasteiger partial charge in [-0.1, -0.05) is 4.68 Å². The molecule has 1 heterocycles. The van der Waals surface area contributed by atoms with E-state index in [1.807, 2.05) is 32.2 Å². The van der Waals surface area contributed by atoms with Crippen molar-refractivity contribution in [2.24, 2.45) is 0 Å². The minimum atomic E-state index is -10.7. The van der Waals surface area contributed by atoms with Gasteiger partial charge < -0.3 is 0 Å². The number of hydrogen-bond acceptors (Lipinski definition) is 1. The van der Waals surface area contributed by atoms with Gasteiger partial charge in [-0.3, -0.25) is 0 Å². The van der Waals surface area contributed by atoms with Crippen LogP contribution in [0.4, 0.5) is 25.2 Å². The molecule has 0 aromatic carbocycles. The maximum absolute atomic E-state index is 10.7. The SMILES string of the molecule is Cc1ccc[n+](N)c1C.F[P-](F)(F)(F)(F)F. The fraction of sp³-hybridized carbons (Fsp3) is 0.286. The number of nitrogens with zero attached hydrogens (tertiary/aromatic N) is 1. The molecule has 16 heavy (non-hydrogen) atoms. The van der Waals surface area contributed by atoms with E-state index in [2.05, 4.69) is 0 Å². The van der Waals surface area contributed by atoms with Crippen LogP contribution in [0.2, 0.25) is 0 Å². The Bertz CT molecular complexity index is 352. The number of pyridine rings is 1. The van der Waals surface area contributed by atoms with E-state index in [1.54, 1.807) is 4.68 Å². The van der Waals surface area contributed by atoms with Crippen LogP contribution < -0.4 is 10.5 Å². The monoisotopic (exact) mass is 268 g/mol. The Morgan fingerprint density at radius 2 is 1.44 bits per heavy atom. The van der Waals surface area contributed by atoms with E-state index in [-0.39, 0.29) is 0 Å². The standard InChI is InChI=1S/C7H11N2.F6P/c1-6-4-3-5-9(8)7(6)2;1-7(2,3,4,5)6/h3-5H,8H2,1-2H3;/q+1;-1. The van der Waals surface area contributed by atoms with Crippen molar-refractivity contribution in [1.29, 1.82) is 0 Å². The van der Waals surface area contributed by atoms with E-state index >= 15 is 0 Å². The molecule has 96 valence electrons. The topological polar surface area (TPSA) is 29.9 Å². The molecule has 0 aliphatic rings. The average Bonchev–Trinajstić information content (AvgIpc) is 1.94. The van der Waals surface area contributed by atoms with Gasteiger partial charge in [0.05, 0.1) is 0 Å². The molecule has 2 nitrogen and oxygen atoms in total. The Balaban J connectivity index is 0.000000293. The number of rotatable bonds is 0. The van der Waals surface area contributed by atoms with Crippen molar-refractivity contribution in [1.82, 2.24) is 0 Å².